The highest BCUT2D eigenvalue weighted by atomic mass is 35.5. The van der Waals surface area contributed by atoms with E-state index >= 15 is 0 Å². The van der Waals surface area contributed by atoms with Crippen molar-refractivity contribution in [3.8, 4) is 0 Å². The van der Waals surface area contributed by atoms with Gasteiger partial charge in [-0.05, 0) is 13.8 Å². The number of rotatable bonds is 0. The fourth-order valence-electron chi connectivity index (χ4n) is 2.55. The summed E-state index contributed by atoms with van der Waals surface area (Å²) in [5, 5.41) is 0. The SMILES string of the molecule is CC1(C)O[C@@H]2[C@@H](COC23C(Cl)(Cl)C3(Cl)Cl)O1. The molecule has 3 fully saturated rings. The van der Waals surface area contributed by atoms with E-state index in [2.05, 4.69) is 0 Å². The summed E-state index contributed by atoms with van der Waals surface area (Å²) in [4.78, 5) is 0. The van der Waals surface area contributed by atoms with E-state index < -0.39 is 26.2 Å². The van der Waals surface area contributed by atoms with Crippen LogP contribution in [0.2, 0.25) is 0 Å². The van der Waals surface area contributed by atoms with Crippen LogP contribution < -0.4 is 0 Å². The van der Waals surface area contributed by atoms with Gasteiger partial charge >= 0.3 is 0 Å². The molecule has 2 aliphatic heterocycles. The van der Waals surface area contributed by atoms with Crippen molar-refractivity contribution in [2.45, 2.75) is 46.1 Å². The van der Waals surface area contributed by atoms with Crippen molar-refractivity contribution < 1.29 is 14.2 Å². The maximum atomic E-state index is 6.10. The first-order chi connectivity index (χ1) is 7.16. The molecule has 0 unspecified atom stereocenters. The van der Waals surface area contributed by atoms with Crippen LogP contribution in [0.4, 0.5) is 0 Å². The molecule has 0 radical (unpaired) electrons. The zero-order valence-corrected chi connectivity index (χ0v) is 11.6. The minimum atomic E-state index is -1.37. The van der Waals surface area contributed by atoms with E-state index in [1.807, 2.05) is 13.8 Å². The number of halogens is 4. The van der Waals surface area contributed by atoms with Crippen molar-refractivity contribution in [2.75, 3.05) is 6.61 Å². The normalized spacial score (nSPS) is 44.6. The lowest BCUT2D eigenvalue weighted by Gasteiger charge is -2.22. The van der Waals surface area contributed by atoms with E-state index in [0.717, 1.165) is 0 Å². The third-order valence-electron chi connectivity index (χ3n) is 3.32. The highest BCUT2D eigenvalue weighted by Crippen LogP contribution is 2.77. The number of hydrogen-bond acceptors (Lipinski definition) is 3. The molecule has 92 valence electrons. The van der Waals surface area contributed by atoms with Crippen LogP contribution in [0.25, 0.3) is 0 Å². The van der Waals surface area contributed by atoms with Gasteiger partial charge in [0.2, 0.25) is 0 Å². The van der Waals surface area contributed by atoms with Gasteiger partial charge in [0, 0.05) is 0 Å². The highest BCUT2D eigenvalue weighted by molar-refractivity contribution is 6.70. The number of alkyl halides is 4. The zero-order valence-electron chi connectivity index (χ0n) is 8.60. The molecule has 0 amide bonds. The van der Waals surface area contributed by atoms with Gasteiger partial charge in [-0.3, -0.25) is 0 Å². The van der Waals surface area contributed by atoms with Gasteiger partial charge in [-0.2, -0.15) is 0 Å². The van der Waals surface area contributed by atoms with Gasteiger partial charge in [-0.15, -0.1) is 0 Å². The van der Waals surface area contributed by atoms with Gasteiger partial charge in [0.15, 0.2) is 20.1 Å². The molecule has 3 nitrogen and oxygen atoms in total. The van der Waals surface area contributed by atoms with Crippen LogP contribution in [0.1, 0.15) is 13.8 Å². The van der Waals surface area contributed by atoms with Crippen LogP contribution in [-0.4, -0.2) is 38.9 Å². The molecule has 2 saturated heterocycles. The van der Waals surface area contributed by atoms with Crippen molar-refractivity contribution in [3.63, 3.8) is 0 Å². The third kappa shape index (κ3) is 1.09. The molecular formula is C9H10Cl4O3. The topological polar surface area (TPSA) is 27.7 Å². The second-order valence-electron chi connectivity index (χ2n) is 4.79. The quantitative estimate of drug-likeness (QED) is 0.644. The van der Waals surface area contributed by atoms with Gasteiger partial charge in [0.1, 0.15) is 12.2 Å². The molecule has 0 aromatic carbocycles. The first kappa shape index (κ1) is 12.1. The Morgan fingerprint density at radius 1 is 1.00 bits per heavy atom. The Kier molecular flexibility index (Phi) is 2.23. The first-order valence-corrected chi connectivity index (χ1v) is 6.42. The van der Waals surface area contributed by atoms with Crippen molar-refractivity contribution in [2.24, 2.45) is 0 Å². The average molecular weight is 308 g/mol. The predicted octanol–water partition coefficient (Wildman–Crippen LogP) is 2.64. The molecule has 1 saturated carbocycles. The maximum Gasteiger partial charge on any atom is 0.188 e. The summed E-state index contributed by atoms with van der Waals surface area (Å²) >= 11 is 24.4. The van der Waals surface area contributed by atoms with E-state index in [0.29, 0.717) is 6.61 Å². The summed E-state index contributed by atoms with van der Waals surface area (Å²) in [7, 11) is 0. The Bertz CT molecular complexity index is 341. The van der Waals surface area contributed by atoms with Crippen LogP contribution in [0.15, 0.2) is 0 Å². The molecule has 3 rings (SSSR count). The van der Waals surface area contributed by atoms with E-state index in [9.17, 15) is 0 Å². The maximum absolute atomic E-state index is 6.10. The lowest BCUT2D eigenvalue weighted by molar-refractivity contribution is -0.179. The molecule has 7 heteroatoms. The monoisotopic (exact) mass is 306 g/mol. The molecule has 1 spiro atoms. The Morgan fingerprint density at radius 2 is 1.56 bits per heavy atom. The molecule has 0 bridgehead atoms. The lowest BCUT2D eigenvalue weighted by Crippen LogP contribution is -2.37. The van der Waals surface area contributed by atoms with Gasteiger partial charge in [0.25, 0.3) is 0 Å². The Morgan fingerprint density at radius 3 is 2.06 bits per heavy atom. The zero-order chi connectivity index (χ0) is 12.0. The molecule has 0 N–H and O–H groups in total. The number of hydrogen-bond donors (Lipinski definition) is 0. The van der Waals surface area contributed by atoms with Crippen LogP contribution in [-0.2, 0) is 14.2 Å². The standard InChI is InChI=1S/C9H10Cl4O3/c1-6(2)15-4-3-14-7(5(4)16-6)8(10,11)9(7,12)13/h4-5H,3H2,1-2H3/t4-,5-/m1/s1. The summed E-state index contributed by atoms with van der Waals surface area (Å²) in [6.45, 7) is 3.96. The van der Waals surface area contributed by atoms with Crippen molar-refractivity contribution in [1.29, 1.82) is 0 Å². The molecule has 0 aromatic rings. The molecule has 3 aliphatic rings. The third-order valence-corrected chi connectivity index (χ3v) is 5.97. The second-order valence-corrected chi connectivity index (χ2v) is 7.44. The van der Waals surface area contributed by atoms with Crippen LogP contribution in [0, 0.1) is 0 Å². The van der Waals surface area contributed by atoms with Crippen LogP contribution >= 0.6 is 46.4 Å². The first-order valence-electron chi connectivity index (χ1n) is 4.91. The highest BCUT2D eigenvalue weighted by Gasteiger charge is 2.95. The van der Waals surface area contributed by atoms with Gasteiger partial charge in [-0.1, -0.05) is 46.4 Å². The van der Waals surface area contributed by atoms with Crippen molar-refractivity contribution >= 4 is 46.4 Å². The van der Waals surface area contributed by atoms with Gasteiger partial charge in [0.05, 0.1) is 6.61 Å². The molecule has 1 aliphatic carbocycles. The number of ether oxygens (including phenoxy) is 3. The molecule has 2 heterocycles. The van der Waals surface area contributed by atoms with Crippen LogP contribution in [0.3, 0.4) is 0 Å². The summed E-state index contributed by atoms with van der Waals surface area (Å²) in [6.07, 6.45) is -0.668. The summed E-state index contributed by atoms with van der Waals surface area (Å²) in [6, 6.07) is 0. The fourth-order valence-corrected chi connectivity index (χ4v) is 4.33. The second kappa shape index (κ2) is 2.96. The fraction of sp³-hybridized carbons (Fsp3) is 1.00. The van der Waals surface area contributed by atoms with Gasteiger partial charge < -0.3 is 14.2 Å². The van der Waals surface area contributed by atoms with Crippen molar-refractivity contribution in [1.82, 2.24) is 0 Å². The van der Waals surface area contributed by atoms with Crippen LogP contribution in [0.5, 0.6) is 0 Å². The molecule has 0 aromatic heterocycles. The summed E-state index contributed by atoms with van der Waals surface area (Å²) in [5.41, 5.74) is -1.09. The summed E-state index contributed by atoms with van der Waals surface area (Å²) in [5.74, 6) is -0.692. The Balaban J connectivity index is 1.97. The lowest BCUT2D eigenvalue weighted by atomic mass is 10.1. The van der Waals surface area contributed by atoms with E-state index in [1.54, 1.807) is 0 Å². The minimum Gasteiger partial charge on any atom is -0.363 e. The Labute approximate surface area is 113 Å². The molecular weight excluding hydrogens is 298 g/mol. The minimum absolute atomic E-state index is 0.230. The van der Waals surface area contributed by atoms with E-state index in [4.69, 9.17) is 60.6 Å². The van der Waals surface area contributed by atoms with E-state index in [-0.39, 0.29) is 6.10 Å². The largest absolute Gasteiger partial charge is 0.363 e. The number of fused-ring (bicyclic) bond motifs is 2. The van der Waals surface area contributed by atoms with Gasteiger partial charge in [-0.25, -0.2) is 0 Å². The smallest absolute Gasteiger partial charge is 0.188 e. The molecule has 16 heavy (non-hydrogen) atoms. The predicted molar refractivity (Wildman–Crippen MR) is 61.4 cm³/mol. The molecule has 2 atom stereocenters. The summed E-state index contributed by atoms with van der Waals surface area (Å²) < 4.78 is 14.2. The van der Waals surface area contributed by atoms with E-state index in [1.165, 1.54) is 0 Å². The average Bonchev–Trinajstić information content (AvgIpc) is 2.49. The van der Waals surface area contributed by atoms with Crippen molar-refractivity contribution in [3.05, 3.63) is 0 Å². The Hall–Kier alpha value is 1.04.